The molecule has 2 N–H and O–H groups in total. The number of fused-ring (bicyclic) bond motifs is 5. The Kier molecular flexibility index (Phi) is 5.97. The van der Waals surface area contributed by atoms with Crippen LogP contribution in [0.3, 0.4) is 0 Å². The third kappa shape index (κ3) is 4.02. The van der Waals surface area contributed by atoms with E-state index in [0.29, 0.717) is 10.8 Å². The largest absolute Gasteiger partial charge is 0.390 e. The van der Waals surface area contributed by atoms with Gasteiger partial charge in [-0.3, -0.25) is 0 Å². The van der Waals surface area contributed by atoms with Gasteiger partial charge in [0.1, 0.15) is 0 Å². The van der Waals surface area contributed by atoms with Crippen molar-refractivity contribution in [2.24, 2.45) is 46.3 Å². The molecule has 0 radical (unpaired) electrons. The number of rotatable bonds is 5. The molecule has 4 saturated carbocycles. The molecule has 0 saturated heterocycles. The van der Waals surface area contributed by atoms with Gasteiger partial charge in [-0.05, 0) is 131 Å². The quantitative estimate of drug-likeness (QED) is 0.506. The van der Waals surface area contributed by atoms with Crippen LogP contribution in [0.4, 0.5) is 0 Å². The zero-order valence-electron chi connectivity index (χ0n) is 20.8. The van der Waals surface area contributed by atoms with Gasteiger partial charge in [0.25, 0.3) is 0 Å². The fraction of sp³-hybridized carbons (Fsp3) is 1.00. The Bertz CT molecular complexity index is 619. The molecule has 0 aromatic heterocycles. The summed E-state index contributed by atoms with van der Waals surface area (Å²) in [6, 6.07) is 0. The summed E-state index contributed by atoms with van der Waals surface area (Å²) in [5, 5.41) is 20.8. The Labute approximate surface area is 186 Å². The van der Waals surface area contributed by atoms with Gasteiger partial charge < -0.3 is 10.2 Å². The van der Waals surface area contributed by atoms with Crippen LogP contribution < -0.4 is 0 Å². The molecule has 4 rings (SSSR count). The van der Waals surface area contributed by atoms with E-state index in [4.69, 9.17) is 0 Å². The topological polar surface area (TPSA) is 40.5 Å². The normalized spacial score (nSPS) is 49.8. The molecule has 2 nitrogen and oxygen atoms in total. The average Bonchev–Trinajstić information content (AvgIpc) is 2.98. The lowest BCUT2D eigenvalue weighted by molar-refractivity contribution is -0.148. The van der Waals surface area contributed by atoms with Gasteiger partial charge in [0.05, 0.1) is 11.2 Å². The summed E-state index contributed by atoms with van der Waals surface area (Å²) in [5.41, 5.74) is 0.0808. The minimum absolute atomic E-state index is 0.419. The van der Waals surface area contributed by atoms with Crippen molar-refractivity contribution < 1.29 is 10.2 Å². The molecule has 2 heteroatoms. The molecule has 0 amide bonds. The van der Waals surface area contributed by atoms with Crippen LogP contribution in [-0.4, -0.2) is 21.4 Å². The second kappa shape index (κ2) is 7.75. The highest BCUT2D eigenvalue weighted by Gasteiger charge is 2.61. The average molecular weight is 419 g/mol. The Morgan fingerprint density at radius 2 is 1.60 bits per heavy atom. The van der Waals surface area contributed by atoms with Crippen LogP contribution in [-0.2, 0) is 0 Å². The molecule has 174 valence electrons. The van der Waals surface area contributed by atoms with E-state index in [1.54, 1.807) is 0 Å². The Morgan fingerprint density at radius 3 is 2.30 bits per heavy atom. The summed E-state index contributed by atoms with van der Waals surface area (Å²) in [6.07, 6.45) is 15.2. The van der Waals surface area contributed by atoms with Crippen molar-refractivity contribution >= 4 is 0 Å². The fourth-order valence-electron chi connectivity index (χ4n) is 9.46. The lowest BCUT2D eigenvalue weighted by atomic mass is 9.43. The maximum Gasteiger partial charge on any atom is 0.0622 e. The van der Waals surface area contributed by atoms with Crippen LogP contribution in [0.1, 0.15) is 119 Å². The highest BCUT2D eigenvalue weighted by molar-refractivity contribution is 5.10. The summed E-state index contributed by atoms with van der Waals surface area (Å²) < 4.78 is 0. The van der Waals surface area contributed by atoms with Crippen molar-refractivity contribution in [3.8, 4) is 0 Å². The van der Waals surface area contributed by atoms with Crippen molar-refractivity contribution in [3.05, 3.63) is 0 Å². The van der Waals surface area contributed by atoms with Gasteiger partial charge in [-0.2, -0.15) is 0 Å². The van der Waals surface area contributed by atoms with E-state index in [2.05, 4.69) is 27.7 Å². The lowest BCUT2D eigenvalue weighted by Crippen LogP contribution is -2.55. The number of hydrogen-bond donors (Lipinski definition) is 2. The second-order valence-electron chi connectivity index (χ2n) is 13.8. The first-order chi connectivity index (χ1) is 13.9. The minimum Gasteiger partial charge on any atom is -0.390 e. The summed E-state index contributed by atoms with van der Waals surface area (Å²) >= 11 is 0. The van der Waals surface area contributed by atoms with Crippen LogP contribution >= 0.6 is 0 Å². The second-order valence-corrected chi connectivity index (χ2v) is 13.8. The van der Waals surface area contributed by atoms with E-state index >= 15 is 0 Å². The van der Waals surface area contributed by atoms with Gasteiger partial charge in [0.2, 0.25) is 0 Å². The Hall–Kier alpha value is -0.0800. The molecule has 4 aliphatic carbocycles. The number of aliphatic hydroxyl groups is 2. The smallest absolute Gasteiger partial charge is 0.0622 e. The first-order valence-electron chi connectivity index (χ1n) is 13.3. The summed E-state index contributed by atoms with van der Waals surface area (Å²) in [4.78, 5) is 0. The van der Waals surface area contributed by atoms with Gasteiger partial charge in [-0.1, -0.05) is 33.6 Å². The van der Waals surface area contributed by atoms with E-state index in [9.17, 15) is 10.2 Å². The highest BCUT2D eigenvalue weighted by atomic mass is 16.3. The maximum atomic E-state index is 10.7. The standard InChI is InChI=1S/C28H50O2/c1-19(8-7-14-25(2,3)29)22-11-12-23-21-10-9-20-18-26(4,30)16-17-27(20,5)24(21)13-15-28(22,23)6/h19-24,29-30H,7-18H2,1-6H3/t19-,20-,21+,22-,23+,24+,26+,27+,28-/m1/s1. The molecule has 0 heterocycles. The van der Waals surface area contributed by atoms with E-state index in [0.717, 1.165) is 61.2 Å². The summed E-state index contributed by atoms with van der Waals surface area (Å²) in [6.45, 7) is 13.8. The van der Waals surface area contributed by atoms with Gasteiger partial charge in [-0.15, -0.1) is 0 Å². The van der Waals surface area contributed by atoms with Gasteiger partial charge in [0.15, 0.2) is 0 Å². The van der Waals surface area contributed by atoms with Gasteiger partial charge >= 0.3 is 0 Å². The first-order valence-corrected chi connectivity index (χ1v) is 13.3. The van der Waals surface area contributed by atoms with Crippen molar-refractivity contribution in [1.82, 2.24) is 0 Å². The molecule has 9 atom stereocenters. The molecule has 0 spiro atoms. The van der Waals surface area contributed by atoms with E-state index in [-0.39, 0.29) is 0 Å². The minimum atomic E-state index is -0.515. The van der Waals surface area contributed by atoms with Crippen LogP contribution in [0.5, 0.6) is 0 Å². The zero-order valence-corrected chi connectivity index (χ0v) is 20.8. The Balaban J connectivity index is 1.45. The molecule has 0 aromatic carbocycles. The van der Waals surface area contributed by atoms with E-state index in [1.165, 1.54) is 51.4 Å². The number of hydrogen-bond acceptors (Lipinski definition) is 2. The SMILES string of the molecule is C[C@H](CCCC(C)(C)O)[C@H]1CC[C@H]2[C@@H]3CC[C@@H]4C[C@@](C)(O)CC[C@]4(C)[C@H]3CC[C@]12C. The van der Waals surface area contributed by atoms with Crippen molar-refractivity contribution in [2.45, 2.75) is 130 Å². The molecule has 0 aromatic rings. The van der Waals surface area contributed by atoms with Crippen molar-refractivity contribution in [1.29, 1.82) is 0 Å². The summed E-state index contributed by atoms with van der Waals surface area (Å²) in [7, 11) is 0. The van der Waals surface area contributed by atoms with Crippen LogP contribution in [0.2, 0.25) is 0 Å². The molecule has 4 fully saturated rings. The third-order valence-corrected chi connectivity index (χ3v) is 11.2. The molecule has 4 aliphatic rings. The van der Waals surface area contributed by atoms with Crippen LogP contribution in [0.25, 0.3) is 0 Å². The maximum absolute atomic E-state index is 10.7. The van der Waals surface area contributed by atoms with Gasteiger partial charge in [-0.25, -0.2) is 0 Å². The van der Waals surface area contributed by atoms with Crippen LogP contribution in [0, 0.1) is 46.3 Å². The monoisotopic (exact) mass is 418 g/mol. The third-order valence-electron chi connectivity index (χ3n) is 11.2. The van der Waals surface area contributed by atoms with Gasteiger partial charge in [0, 0.05) is 0 Å². The lowest BCUT2D eigenvalue weighted by Gasteiger charge is -2.62. The molecule has 0 bridgehead atoms. The highest BCUT2D eigenvalue weighted by Crippen LogP contribution is 2.68. The molecular formula is C28H50O2. The fourth-order valence-corrected chi connectivity index (χ4v) is 9.46. The predicted molar refractivity (Wildman–Crippen MR) is 125 cm³/mol. The molecular weight excluding hydrogens is 368 g/mol. The Morgan fingerprint density at radius 1 is 0.900 bits per heavy atom. The van der Waals surface area contributed by atoms with Crippen molar-refractivity contribution in [2.75, 3.05) is 0 Å². The van der Waals surface area contributed by atoms with Crippen LogP contribution in [0.15, 0.2) is 0 Å². The van der Waals surface area contributed by atoms with E-state index < -0.39 is 11.2 Å². The summed E-state index contributed by atoms with van der Waals surface area (Å²) in [5.74, 6) is 5.16. The molecule has 0 unspecified atom stereocenters. The molecule has 0 aliphatic heterocycles. The zero-order chi connectivity index (χ0) is 21.9. The van der Waals surface area contributed by atoms with E-state index in [1.807, 2.05) is 13.8 Å². The van der Waals surface area contributed by atoms with Crippen molar-refractivity contribution in [3.63, 3.8) is 0 Å². The first kappa shape index (κ1) is 23.1. The predicted octanol–water partition coefficient (Wildman–Crippen LogP) is 6.97. The molecule has 30 heavy (non-hydrogen) atoms.